The Bertz CT molecular complexity index is 1440. The number of hydrogen-bond acceptors (Lipinski definition) is 7. The van der Waals surface area contributed by atoms with Gasteiger partial charge in [-0.1, -0.05) is 24.0 Å². The zero-order chi connectivity index (χ0) is 25.3. The number of nitrogens with zero attached hydrogens (tertiary/aromatic N) is 3. The van der Waals surface area contributed by atoms with E-state index < -0.39 is 5.54 Å². The fourth-order valence-electron chi connectivity index (χ4n) is 3.98. The molecule has 2 aromatic heterocycles. The Labute approximate surface area is 210 Å². The van der Waals surface area contributed by atoms with Crippen LogP contribution >= 0.6 is 0 Å². The maximum absolute atomic E-state index is 6.29. The fraction of sp³-hybridized carbons (Fsp3) is 0.286. The quantitative estimate of drug-likeness (QED) is 0.426. The fourth-order valence-corrected chi connectivity index (χ4v) is 3.98. The summed E-state index contributed by atoms with van der Waals surface area (Å²) in [4.78, 5) is 9.10. The molecule has 0 saturated heterocycles. The van der Waals surface area contributed by atoms with Gasteiger partial charge in [0.2, 0.25) is 5.75 Å². The maximum Gasteiger partial charge on any atom is 0.204 e. The average molecular weight is 485 g/mol. The van der Waals surface area contributed by atoms with Crippen LogP contribution in [0.5, 0.6) is 23.0 Å². The third kappa shape index (κ3) is 4.92. The molecule has 0 amide bonds. The predicted octanol–water partition coefficient (Wildman–Crippen LogP) is 4.10. The van der Waals surface area contributed by atoms with Crippen LogP contribution in [0.3, 0.4) is 0 Å². The summed E-state index contributed by atoms with van der Waals surface area (Å²) in [6.45, 7) is 4.66. The molecule has 8 heteroatoms. The molecular weight excluding hydrogens is 456 g/mol. The van der Waals surface area contributed by atoms with Crippen molar-refractivity contribution in [3.63, 3.8) is 0 Å². The first-order valence-electron chi connectivity index (χ1n) is 11.6. The monoisotopic (exact) mass is 484 g/mol. The van der Waals surface area contributed by atoms with Crippen molar-refractivity contribution in [1.82, 2.24) is 14.5 Å². The van der Waals surface area contributed by atoms with E-state index in [1.807, 2.05) is 60.9 Å². The summed E-state index contributed by atoms with van der Waals surface area (Å²) < 4.78 is 25.3. The number of rotatable bonds is 5. The van der Waals surface area contributed by atoms with E-state index in [1.165, 1.54) is 0 Å². The summed E-state index contributed by atoms with van der Waals surface area (Å²) in [5.74, 6) is 8.73. The number of fused-ring (bicyclic) bond motifs is 2. The van der Waals surface area contributed by atoms with Gasteiger partial charge in [0.1, 0.15) is 17.9 Å². The second kappa shape index (κ2) is 9.44. The van der Waals surface area contributed by atoms with Crippen LogP contribution in [0.4, 0.5) is 0 Å². The van der Waals surface area contributed by atoms with Crippen molar-refractivity contribution in [2.45, 2.75) is 32.0 Å². The van der Waals surface area contributed by atoms with E-state index in [0.29, 0.717) is 30.4 Å². The highest BCUT2D eigenvalue weighted by molar-refractivity contribution is 5.72. The Balaban J connectivity index is 1.38. The van der Waals surface area contributed by atoms with Crippen LogP contribution in [-0.2, 0) is 6.54 Å². The molecule has 0 spiro atoms. The summed E-state index contributed by atoms with van der Waals surface area (Å²) >= 11 is 0. The third-order valence-corrected chi connectivity index (χ3v) is 5.78. The van der Waals surface area contributed by atoms with E-state index in [4.69, 9.17) is 24.7 Å². The van der Waals surface area contributed by atoms with Crippen molar-refractivity contribution in [2.75, 3.05) is 20.8 Å². The zero-order valence-corrected chi connectivity index (χ0v) is 20.7. The van der Waals surface area contributed by atoms with Crippen LogP contribution in [-0.4, -0.2) is 40.9 Å². The molecule has 0 bridgehead atoms. The molecule has 184 valence electrons. The van der Waals surface area contributed by atoms with Crippen LogP contribution in [0, 0.1) is 11.8 Å². The van der Waals surface area contributed by atoms with Gasteiger partial charge in [-0.25, -0.2) is 9.97 Å². The zero-order valence-electron chi connectivity index (χ0n) is 20.7. The van der Waals surface area contributed by atoms with Crippen molar-refractivity contribution >= 4 is 11.2 Å². The lowest BCUT2D eigenvalue weighted by Crippen LogP contribution is -2.29. The molecule has 1 unspecified atom stereocenters. The van der Waals surface area contributed by atoms with Gasteiger partial charge in [0.25, 0.3) is 0 Å². The standard InChI is InChI=1S/C28H28N4O4/c1-28(2,29)10-9-18-11-22-27(30-14-18)32(17-31-22)15-19-12-23(34-4)26-24(13-19)35-16-25(36-26)20-5-7-21(33-3)8-6-20/h5-8,11-14,17,25H,15-16,29H2,1-4H3. The first-order chi connectivity index (χ1) is 17.3. The van der Waals surface area contributed by atoms with Crippen molar-refractivity contribution in [3.8, 4) is 34.8 Å². The molecule has 0 saturated carbocycles. The number of nitrogens with two attached hydrogens (primary N) is 1. The number of aromatic nitrogens is 3. The van der Waals surface area contributed by atoms with Gasteiger partial charge in [0, 0.05) is 11.8 Å². The Kier molecular flexibility index (Phi) is 6.17. The number of ether oxygens (including phenoxy) is 4. The maximum atomic E-state index is 6.29. The largest absolute Gasteiger partial charge is 0.497 e. The topological polar surface area (TPSA) is 93.7 Å². The van der Waals surface area contributed by atoms with E-state index in [0.717, 1.165) is 33.6 Å². The molecule has 8 nitrogen and oxygen atoms in total. The molecule has 4 aromatic rings. The van der Waals surface area contributed by atoms with Crippen molar-refractivity contribution in [2.24, 2.45) is 5.73 Å². The van der Waals surface area contributed by atoms with Crippen molar-refractivity contribution < 1.29 is 18.9 Å². The smallest absolute Gasteiger partial charge is 0.204 e. The van der Waals surface area contributed by atoms with E-state index in [2.05, 4.69) is 21.8 Å². The number of hydrogen-bond donors (Lipinski definition) is 1. The van der Waals surface area contributed by atoms with Gasteiger partial charge in [-0.15, -0.1) is 0 Å². The number of methoxy groups -OCH3 is 2. The van der Waals surface area contributed by atoms with Crippen LogP contribution in [0.2, 0.25) is 0 Å². The van der Waals surface area contributed by atoms with E-state index >= 15 is 0 Å². The third-order valence-electron chi connectivity index (χ3n) is 5.78. The second-order valence-corrected chi connectivity index (χ2v) is 9.23. The Morgan fingerprint density at radius 1 is 1.11 bits per heavy atom. The summed E-state index contributed by atoms with van der Waals surface area (Å²) in [7, 11) is 3.27. The van der Waals surface area contributed by atoms with Crippen LogP contribution < -0.4 is 24.7 Å². The molecule has 0 aliphatic carbocycles. The summed E-state index contributed by atoms with van der Waals surface area (Å²) in [6, 6.07) is 13.6. The van der Waals surface area contributed by atoms with E-state index in [1.54, 1.807) is 26.7 Å². The molecule has 2 N–H and O–H groups in total. The van der Waals surface area contributed by atoms with Crippen LogP contribution in [0.15, 0.2) is 55.0 Å². The molecule has 0 radical (unpaired) electrons. The molecule has 3 heterocycles. The first kappa shape index (κ1) is 23.5. The molecular formula is C28H28N4O4. The Morgan fingerprint density at radius 2 is 1.92 bits per heavy atom. The van der Waals surface area contributed by atoms with Gasteiger partial charge in [0.05, 0.1) is 32.6 Å². The molecule has 2 aromatic carbocycles. The highest BCUT2D eigenvalue weighted by atomic mass is 16.6. The molecule has 1 aliphatic heterocycles. The minimum atomic E-state index is -0.569. The van der Waals surface area contributed by atoms with E-state index in [9.17, 15) is 0 Å². The van der Waals surface area contributed by atoms with Crippen molar-refractivity contribution in [3.05, 3.63) is 71.7 Å². The lowest BCUT2D eigenvalue weighted by Gasteiger charge is -2.28. The van der Waals surface area contributed by atoms with Gasteiger partial charge >= 0.3 is 0 Å². The lowest BCUT2D eigenvalue weighted by molar-refractivity contribution is 0.0869. The van der Waals surface area contributed by atoms with Gasteiger partial charge in [-0.05, 0) is 55.3 Å². The normalized spacial score (nSPS) is 14.8. The van der Waals surface area contributed by atoms with Gasteiger partial charge in [0.15, 0.2) is 23.3 Å². The second-order valence-electron chi connectivity index (χ2n) is 9.23. The number of pyridine rings is 1. The predicted molar refractivity (Wildman–Crippen MR) is 137 cm³/mol. The Morgan fingerprint density at radius 3 is 2.64 bits per heavy atom. The minimum absolute atomic E-state index is 0.243. The minimum Gasteiger partial charge on any atom is -0.497 e. The van der Waals surface area contributed by atoms with E-state index in [-0.39, 0.29) is 6.10 Å². The van der Waals surface area contributed by atoms with Crippen LogP contribution in [0.1, 0.15) is 36.6 Å². The molecule has 36 heavy (non-hydrogen) atoms. The number of benzene rings is 2. The first-order valence-corrected chi connectivity index (χ1v) is 11.6. The molecule has 1 atom stereocenters. The summed E-state index contributed by atoms with van der Waals surface area (Å²) in [6.07, 6.45) is 3.26. The van der Waals surface area contributed by atoms with Crippen LogP contribution in [0.25, 0.3) is 11.2 Å². The van der Waals surface area contributed by atoms with Gasteiger partial charge in [-0.3, -0.25) is 0 Å². The summed E-state index contributed by atoms with van der Waals surface area (Å²) in [5.41, 5.74) is 9.68. The Hall–Kier alpha value is -4.22. The highest BCUT2D eigenvalue weighted by Gasteiger charge is 2.27. The van der Waals surface area contributed by atoms with Gasteiger partial charge in [-0.2, -0.15) is 0 Å². The summed E-state index contributed by atoms with van der Waals surface area (Å²) in [5, 5.41) is 0. The van der Waals surface area contributed by atoms with Gasteiger partial charge < -0.3 is 29.2 Å². The SMILES string of the molecule is COc1ccc(C2COc3cc(Cn4cnc5cc(C#CC(C)(C)N)cnc54)cc(OC)c3O2)cc1. The average Bonchev–Trinajstić information content (AvgIpc) is 3.28. The van der Waals surface area contributed by atoms with Crippen molar-refractivity contribution in [1.29, 1.82) is 0 Å². The lowest BCUT2D eigenvalue weighted by atomic mass is 10.1. The molecule has 0 fully saturated rings. The highest BCUT2D eigenvalue weighted by Crippen LogP contribution is 2.44. The molecule has 5 rings (SSSR count). The molecule has 1 aliphatic rings. The number of imidazole rings is 1.